The van der Waals surface area contributed by atoms with Crippen molar-refractivity contribution in [1.82, 2.24) is 10.0 Å². The molecule has 30 heavy (non-hydrogen) atoms. The highest BCUT2D eigenvalue weighted by Gasteiger charge is 2.22. The Morgan fingerprint density at radius 3 is 2.17 bits per heavy atom. The molecular weight excluding hydrogens is 402 g/mol. The fourth-order valence-electron chi connectivity index (χ4n) is 3.51. The minimum absolute atomic E-state index is 0.0954. The van der Waals surface area contributed by atoms with Crippen molar-refractivity contribution in [3.8, 4) is 5.75 Å². The maximum absolute atomic E-state index is 12.6. The van der Waals surface area contributed by atoms with Gasteiger partial charge < -0.3 is 15.0 Å². The Morgan fingerprint density at radius 2 is 1.63 bits per heavy atom. The zero-order chi connectivity index (χ0) is 21.7. The maximum atomic E-state index is 12.6. The van der Waals surface area contributed by atoms with Crippen LogP contribution in [0.1, 0.15) is 37.0 Å². The molecule has 0 atom stereocenters. The molecule has 0 spiro atoms. The van der Waals surface area contributed by atoms with E-state index in [-0.39, 0.29) is 22.9 Å². The first kappa shape index (κ1) is 22.1. The molecule has 2 aromatic carbocycles. The van der Waals surface area contributed by atoms with E-state index in [0.717, 1.165) is 37.4 Å². The number of carbonyl (C=O) groups is 1. The van der Waals surface area contributed by atoms with E-state index in [2.05, 4.69) is 14.9 Å². The highest BCUT2D eigenvalue weighted by Crippen LogP contribution is 2.23. The second-order valence-electron chi connectivity index (χ2n) is 7.73. The van der Waals surface area contributed by atoms with E-state index in [1.807, 2.05) is 24.3 Å². The number of amides is 1. The molecule has 0 saturated carbocycles. The van der Waals surface area contributed by atoms with Crippen LogP contribution in [0, 0.1) is 0 Å². The quantitative estimate of drug-likeness (QED) is 0.704. The summed E-state index contributed by atoms with van der Waals surface area (Å²) in [5, 5.41) is 3.07. The molecule has 1 amide bonds. The molecule has 1 aliphatic rings. The molecule has 0 unspecified atom stereocenters. The Kier molecular flexibility index (Phi) is 6.99. The molecule has 0 radical (unpaired) electrons. The molecule has 3 rings (SSSR count). The van der Waals surface area contributed by atoms with Gasteiger partial charge in [-0.2, -0.15) is 0 Å². The van der Waals surface area contributed by atoms with Crippen molar-refractivity contribution in [1.29, 1.82) is 0 Å². The Bertz CT molecular complexity index is 949. The number of nitrogens with zero attached hydrogens (tertiary/aromatic N) is 1. The van der Waals surface area contributed by atoms with E-state index in [1.54, 1.807) is 33.1 Å². The first-order chi connectivity index (χ1) is 14.3. The number of nitrogens with one attached hydrogen (secondary N) is 2. The van der Waals surface area contributed by atoms with Gasteiger partial charge in [0.25, 0.3) is 5.91 Å². The van der Waals surface area contributed by atoms with Crippen molar-refractivity contribution in [3.05, 3.63) is 54.1 Å². The summed E-state index contributed by atoms with van der Waals surface area (Å²) in [6.07, 6.45) is 1.70. The normalized spacial score (nSPS) is 15.3. The number of hydrogen-bond acceptors (Lipinski definition) is 5. The SMILES string of the molecule is COc1ccc(N2CCC(NC(=O)c3ccc(S(=O)(=O)NC(C)C)cc3)CC2)cc1. The van der Waals surface area contributed by atoms with Crippen LogP contribution in [-0.4, -0.2) is 46.6 Å². The fraction of sp³-hybridized carbons (Fsp3) is 0.409. The number of benzene rings is 2. The summed E-state index contributed by atoms with van der Waals surface area (Å²) in [5.41, 5.74) is 1.60. The molecular formula is C22H29N3O4S. The van der Waals surface area contributed by atoms with Crippen LogP contribution in [0.15, 0.2) is 53.4 Å². The maximum Gasteiger partial charge on any atom is 0.251 e. The van der Waals surface area contributed by atoms with Crippen molar-refractivity contribution in [2.45, 2.75) is 43.7 Å². The van der Waals surface area contributed by atoms with Gasteiger partial charge in [0.05, 0.1) is 12.0 Å². The van der Waals surface area contributed by atoms with Crippen LogP contribution >= 0.6 is 0 Å². The van der Waals surface area contributed by atoms with Gasteiger partial charge in [-0.3, -0.25) is 4.79 Å². The summed E-state index contributed by atoms with van der Waals surface area (Å²) in [6.45, 7) is 5.24. The van der Waals surface area contributed by atoms with E-state index in [4.69, 9.17) is 4.74 Å². The average Bonchev–Trinajstić information content (AvgIpc) is 2.73. The number of sulfonamides is 1. The molecule has 0 aliphatic carbocycles. The van der Waals surface area contributed by atoms with Gasteiger partial charge >= 0.3 is 0 Å². The summed E-state index contributed by atoms with van der Waals surface area (Å²) >= 11 is 0. The summed E-state index contributed by atoms with van der Waals surface area (Å²) in [7, 11) is -1.91. The molecule has 1 heterocycles. The number of methoxy groups -OCH3 is 1. The molecule has 2 aromatic rings. The van der Waals surface area contributed by atoms with Crippen LogP contribution in [0.2, 0.25) is 0 Å². The smallest absolute Gasteiger partial charge is 0.251 e. The highest BCUT2D eigenvalue weighted by atomic mass is 32.2. The minimum Gasteiger partial charge on any atom is -0.497 e. The minimum atomic E-state index is -3.56. The summed E-state index contributed by atoms with van der Waals surface area (Å²) in [6, 6.07) is 13.9. The number of hydrogen-bond donors (Lipinski definition) is 2. The third-order valence-electron chi connectivity index (χ3n) is 5.09. The predicted molar refractivity (Wildman–Crippen MR) is 118 cm³/mol. The van der Waals surface area contributed by atoms with Crippen LogP contribution in [0.5, 0.6) is 5.75 Å². The topological polar surface area (TPSA) is 87.7 Å². The van der Waals surface area contributed by atoms with Gasteiger partial charge in [-0.25, -0.2) is 13.1 Å². The lowest BCUT2D eigenvalue weighted by Gasteiger charge is -2.34. The molecule has 2 N–H and O–H groups in total. The Morgan fingerprint density at radius 1 is 1.03 bits per heavy atom. The van der Waals surface area contributed by atoms with E-state index >= 15 is 0 Å². The number of piperidine rings is 1. The van der Waals surface area contributed by atoms with E-state index < -0.39 is 10.0 Å². The molecule has 1 saturated heterocycles. The standard InChI is InChI=1S/C22H29N3O4S/c1-16(2)24-30(27,28)21-10-4-17(5-11-21)22(26)23-18-12-14-25(15-13-18)19-6-8-20(29-3)9-7-19/h4-11,16,18,24H,12-15H2,1-3H3,(H,23,26). The van der Waals surface area contributed by atoms with Gasteiger partial charge in [-0.05, 0) is 75.2 Å². The van der Waals surface area contributed by atoms with Gasteiger partial charge in [0.1, 0.15) is 5.75 Å². The zero-order valence-corrected chi connectivity index (χ0v) is 18.4. The van der Waals surface area contributed by atoms with Crippen LogP contribution in [0.4, 0.5) is 5.69 Å². The number of ether oxygens (including phenoxy) is 1. The van der Waals surface area contributed by atoms with Crippen LogP contribution in [-0.2, 0) is 10.0 Å². The lowest BCUT2D eigenvalue weighted by Crippen LogP contribution is -2.44. The van der Waals surface area contributed by atoms with Gasteiger partial charge in [0.2, 0.25) is 10.0 Å². The summed E-state index contributed by atoms with van der Waals surface area (Å²) in [5.74, 6) is 0.651. The lowest BCUT2D eigenvalue weighted by molar-refractivity contribution is 0.0931. The van der Waals surface area contributed by atoms with E-state index in [9.17, 15) is 13.2 Å². The van der Waals surface area contributed by atoms with Gasteiger partial charge in [-0.1, -0.05) is 0 Å². The molecule has 1 fully saturated rings. The largest absolute Gasteiger partial charge is 0.497 e. The zero-order valence-electron chi connectivity index (χ0n) is 17.6. The molecule has 0 aromatic heterocycles. The van der Waals surface area contributed by atoms with Crippen molar-refractivity contribution in [3.63, 3.8) is 0 Å². The second kappa shape index (κ2) is 9.49. The molecule has 7 nitrogen and oxygen atoms in total. The van der Waals surface area contributed by atoms with Crippen molar-refractivity contribution in [2.24, 2.45) is 0 Å². The van der Waals surface area contributed by atoms with Crippen LogP contribution in [0.25, 0.3) is 0 Å². The summed E-state index contributed by atoms with van der Waals surface area (Å²) in [4.78, 5) is 15.0. The number of rotatable bonds is 7. The number of carbonyl (C=O) groups excluding carboxylic acids is 1. The first-order valence-corrected chi connectivity index (χ1v) is 11.6. The molecule has 8 heteroatoms. The average molecular weight is 432 g/mol. The van der Waals surface area contributed by atoms with Crippen molar-refractivity contribution >= 4 is 21.6 Å². The summed E-state index contributed by atoms with van der Waals surface area (Å²) < 4.78 is 32.1. The number of anilines is 1. The predicted octanol–water partition coefficient (Wildman–Crippen LogP) is 2.78. The third kappa shape index (κ3) is 5.52. The highest BCUT2D eigenvalue weighted by molar-refractivity contribution is 7.89. The third-order valence-corrected chi connectivity index (χ3v) is 6.76. The fourth-order valence-corrected chi connectivity index (χ4v) is 4.76. The molecule has 0 bridgehead atoms. The second-order valence-corrected chi connectivity index (χ2v) is 9.45. The lowest BCUT2D eigenvalue weighted by atomic mass is 10.0. The van der Waals surface area contributed by atoms with Gasteiger partial charge in [-0.15, -0.1) is 0 Å². The monoisotopic (exact) mass is 431 g/mol. The van der Waals surface area contributed by atoms with E-state index in [0.29, 0.717) is 5.56 Å². The molecule has 162 valence electrons. The van der Waals surface area contributed by atoms with E-state index in [1.165, 1.54) is 12.1 Å². The van der Waals surface area contributed by atoms with Crippen LogP contribution < -0.4 is 19.7 Å². The Hall–Kier alpha value is -2.58. The van der Waals surface area contributed by atoms with Crippen LogP contribution in [0.3, 0.4) is 0 Å². The Balaban J connectivity index is 1.54. The van der Waals surface area contributed by atoms with Gasteiger partial charge in [0, 0.05) is 36.4 Å². The molecule has 1 aliphatic heterocycles. The van der Waals surface area contributed by atoms with Crippen molar-refractivity contribution < 1.29 is 17.9 Å². The first-order valence-electron chi connectivity index (χ1n) is 10.1. The van der Waals surface area contributed by atoms with Gasteiger partial charge in [0.15, 0.2) is 0 Å². The Labute approximate surface area is 178 Å². The van der Waals surface area contributed by atoms with Crippen molar-refractivity contribution in [2.75, 3.05) is 25.1 Å².